The molecule has 1 saturated carbocycles. The highest BCUT2D eigenvalue weighted by molar-refractivity contribution is 8.00. The van der Waals surface area contributed by atoms with Crippen molar-refractivity contribution in [1.29, 1.82) is 0 Å². The van der Waals surface area contributed by atoms with Crippen molar-refractivity contribution >= 4 is 11.8 Å². The predicted octanol–water partition coefficient (Wildman–Crippen LogP) is 3.59. The Morgan fingerprint density at radius 2 is 1.88 bits per heavy atom. The van der Waals surface area contributed by atoms with Crippen molar-refractivity contribution in [2.75, 3.05) is 5.75 Å². The molecule has 2 aliphatic rings. The third-order valence-electron chi connectivity index (χ3n) is 3.83. The summed E-state index contributed by atoms with van der Waals surface area (Å²) in [6.07, 6.45) is -0.394. The first kappa shape index (κ1) is 13.5. The second-order valence-electron chi connectivity index (χ2n) is 5.28. The van der Waals surface area contributed by atoms with Gasteiger partial charge in [0.05, 0.1) is 5.92 Å². The molecular formula is C12H20F3NS. The number of hydrogen-bond acceptors (Lipinski definition) is 2. The molecule has 4 atom stereocenters. The van der Waals surface area contributed by atoms with Gasteiger partial charge in [-0.15, -0.1) is 0 Å². The molecule has 2 fully saturated rings. The summed E-state index contributed by atoms with van der Waals surface area (Å²) in [7, 11) is 0. The maximum absolute atomic E-state index is 12.9. The van der Waals surface area contributed by atoms with Crippen LogP contribution in [-0.2, 0) is 0 Å². The van der Waals surface area contributed by atoms with E-state index in [-0.39, 0.29) is 12.1 Å². The molecule has 0 spiro atoms. The molecule has 1 heterocycles. The summed E-state index contributed by atoms with van der Waals surface area (Å²) in [4.78, 5) is 0. The smallest absolute Gasteiger partial charge is 0.310 e. The van der Waals surface area contributed by atoms with E-state index in [9.17, 15) is 13.2 Å². The molecule has 4 unspecified atom stereocenters. The molecule has 1 N–H and O–H groups in total. The lowest BCUT2D eigenvalue weighted by Gasteiger charge is -2.35. The van der Waals surface area contributed by atoms with E-state index >= 15 is 0 Å². The first-order chi connectivity index (χ1) is 7.97. The Bertz CT molecular complexity index is 257. The normalized spacial score (nSPS) is 39.5. The molecule has 0 bridgehead atoms. The number of nitrogens with one attached hydrogen (secondary N) is 1. The highest BCUT2D eigenvalue weighted by Gasteiger charge is 2.46. The third kappa shape index (κ3) is 3.53. The summed E-state index contributed by atoms with van der Waals surface area (Å²) < 4.78 is 38.7. The zero-order valence-electron chi connectivity index (χ0n) is 10.1. The van der Waals surface area contributed by atoms with E-state index in [2.05, 4.69) is 12.2 Å². The van der Waals surface area contributed by atoms with E-state index < -0.39 is 12.1 Å². The summed E-state index contributed by atoms with van der Waals surface area (Å²) >= 11 is 1.86. The van der Waals surface area contributed by atoms with Gasteiger partial charge >= 0.3 is 6.18 Å². The highest BCUT2D eigenvalue weighted by atomic mass is 32.2. The van der Waals surface area contributed by atoms with Crippen LogP contribution in [-0.4, -0.2) is 29.3 Å². The average molecular weight is 267 g/mol. The molecule has 17 heavy (non-hydrogen) atoms. The van der Waals surface area contributed by atoms with Crippen LogP contribution in [0.3, 0.4) is 0 Å². The second-order valence-corrected chi connectivity index (χ2v) is 6.75. The molecule has 0 radical (unpaired) electrons. The van der Waals surface area contributed by atoms with Gasteiger partial charge < -0.3 is 5.32 Å². The van der Waals surface area contributed by atoms with Crippen LogP contribution in [0.25, 0.3) is 0 Å². The third-order valence-corrected chi connectivity index (χ3v) is 5.19. The molecule has 1 saturated heterocycles. The van der Waals surface area contributed by atoms with Crippen LogP contribution in [0.4, 0.5) is 13.2 Å². The van der Waals surface area contributed by atoms with Crippen LogP contribution in [0.2, 0.25) is 0 Å². The van der Waals surface area contributed by atoms with Gasteiger partial charge in [-0.2, -0.15) is 24.9 Å². The number of halogens is 3. The SMILES string of the molecule is CC1CC(NC2CCCCC2C(F)(F)F)CS1. The van der Waals surface area contributed by atoms with Gasteiger partial charge in [0.15, 0.2) is 0 Å². The van der Waals surface area contributed by atoms with Crippen molar-refractivity contribution in [3.8, 4) is 0 Å². The minimum absolute atomic E-state index is 0.281. The van der Waals surface area contributed by atoms with E-state index in [1.807, 2.05) is 11.8 Å². The van der Waals surface area contributed by atoms with Crippen LogP contribution in [0.5, 0.6) is 0 Å². The van der Waals surface area contributed by atoms with Crippen molar-refractivity contribution in [2.45, 2.75) is 62.5 Å². The van der Waals surface area contributed by atoms with Gasteiger partial charge in [0.2, 0.25) is 0 Å². The molecular weight excluding hydrogens is 247 g/mol. The fourth-order valence-corrected chi connectivity index (χ4v) is 4.12. The Hall–Kier alpha value is 0.100. The van der Waals surface area contributed by atoms with Gasteiger partial charge in [-0.1, -0.05) is 19.8 Å². The fourth-order valence-electron chi connectivity index (χ4n) is 2.96. The van der Waals surface area contributed by atoms with Crippen LogP contribution < -0.4 is 5.32 Å². The fraction of sp³-hybridized carbons (Fsp3) is 1.00. The van der Waals surface area contributed by atoms with Crippen LogP contribution >= 0.6 is 11.8 Å². The minimum Gasteiger partial charge on any atom is -0.310 e. The lowest BCUT2D eigenvalue weighted by atomic mass is 9.83. The molecule has 1 aliphatic heterocycles. The minimum atomic E-state index is -4.03. The van der Waals surface area contributed by atoms with Gasteiger partial charge in [0.1, 0.15) is 0 Å². The molecule has 0 amide bonds. The zero-order valence-corrected chi connectivity index (χ0v) is 10.9. The second kappa shape index (κ2) is 5.39. The van der Waals surface area contributed by atoms with Gasteiger partial charge in [-0.05, 0) is 19.3 Å². The number of thioether (sulfide) groups is 1. The Morgan fingerprint density at radius 3 is 2.47 bits per heavy atom. The molecule has 0 aromatic carbocycles. The van der Waals surface area contributed by atoms with Crippen molar-refractivity contribution in [2.24, 2.45) is 5.92 Å². The lowest BCUT2D eigenvalue weighted by molar-refractivity contribution is -0.189. The lowest BCUT2D eigenvalue weighted by Crippen LogP contribution is -2.49. The van der Waals surface area contributed by atoms with E-state index in [0.29, 0.717) is 18.1 Å². The Morgan fingerprint density at radius 1 is 1.18 bits per heavy atom. The quantitative estimate of drug-likeness (QED) is 0.820. The first-order valence-electron chi connectivity index (χ1n) is 6.41. The molecule has 0 aromatic heterocycles. The number of hydrogen-bond donors (Lipinski definition) is 1. The van der Waals surface area contributed by atoms with Crippen LogP contribution in [0.1, 0.15) is 39.0 Å². The molecule has 5 heteroatoms. The van der Waals surface area contributed by atoms with Gasteiger partial charge in [-0.3, -0.25) is 0 Å². The van der Waals surface area contributed by atoms with Crippen LogP contribution in [0, 0.1) is 5.92 Å². The Kier molecular flexibility index (Phi) is 4.29. The topological polar surface area (TPSA) is 12.0 Å². The Balaban J connectivity index is 1.92. The first-order valence-corrected chi connectivity index (χ1v) is 7.46. The molecule has 100 valence electrons. The molecule has 0 aromatic rings. The standard InChI is InChI=1S/C12H20F3NS/c1-8-6-9(7-17-8)16-11-5-3-2-4-10(11)12(13,14)15/h8-11,16H,2-7H2,1H3. The monoisotopic (exact) mass is 267 g/mol. The van der Waals surface area contributed by atoms with Crippen molar-refractivity contribution < 1.29 is 13.2 Å². The average Bonchev–Trinajstić information content (AvgIpc) is 2.63. The van der Waals surface area contributed by atoms with Crippen LogP contribution in [0.15, 0.2) is 0 Å². The maximum Gasteiger partial charge on any atom is 0.393 e. The van der Waals surface area contributed by atoms with E-state index in [1.54, 1.807) is 0 Å². The van der Waals surface area contributed by atoms with Crippen molar-refractivity contribution in [3.63, 3.8) is 0 Å². The van der Waals surface area contributed by atoms with Gasteiger partial charge in [0.25, 0.3) is 0 Å². The highest BCUT2D eigenvalue weighted by Crippen LogP contribution is 2.38. The number of alkyl halides is 3. The number of rotatable bonds is 2. The summed E-state index contributed by atoms with van der Waals surface area (Å²) in [6.45, 7) is 2.15. The zero-order chi connectivity index (χ0) is 12.5. The van der Waals surface area contributed by atoms with E-state index in [1.165, 1.54) is 0 Å². The Labute approximate surface area is 105 Å². The summed E-state index contributed by atoms with van der Waals surface area (Å²) in [5, 5.41) is 3.85. The van der Waals surface area contributed by atoms with Crippen molar-refractivity contribution in [1.82, 2.24) is 5.32 Å². The molecule has 1 nitrogen and oxygen atoms in total. The van der Waals surface area contributed by atoms with Gasteiger partial charge in [0, 0.05) is 23.1 Å². The van der Waals surface area contributed by atoms with Gasteiger partial charge in [-0.25, -0.2) is 0 Å². The summed E-state index contributed by atoms with van der Waals surface area (Å²) in [5.74, 6) is -0.167. The summed E-state index contributed by atoms with van der Waals surface area (Å²) in [6, 6.07) is -0.0670. The summed E-state index contributed by atoms with van der Waals surface area (Å²) in [5.41, 5.74) is 0. The maximum atomic E-state index is 12.9. The predicted molar refractivity (Wildman–Crippen MR) is 65.3 cm³/mol. The molecule has 1 aliphatic carbocycles. The molecule has 2 rings (SSSR count). The van der Waals surface area contributed by atoms with Crippen molar-refractivity contribution in [3.05, 3.63) is 0 Å². The van der Waals surface area contributed by atoms with E-state index in [4.69, 9.17) is 0 Å². The van der Waals surface area contributed by atoms with E-state index in [0.717, 1.165) is 25.0 Å². The largest absolute Gasteiger partial charge is 0.393 e.